The Balaban J connectivity index is 2.03. The number of nitrogens with two attached hydrogens (primary N) is 1. The van der Waals surface area contributed by atoms with Gasteiger partial charge in [0.1, 0.15) is 0 Å². The highest BCUT2D eigenvalue weighted by molar-refractivity contribution is 5.93. The van der Waals surface area contributed by atoms with Crippen LogP contribution in [-0.2, 0) is 9.59 Å². The van der Waals surface area contributed by atoms with Crippen molar-refractivity contribution in [2.75, 3.05) is 18.0 Å². The van der Waals surface area contributed by atoms with Crippen molar-refractivity contribution >= 4 is 23.6 Å². The van der Waals surface area contributed by atoms with E-state index in [9.17, 15) is 14.4 Å². The maximum absolute atomic E-state index is 11.4. The summed E-state index contributed by atoms with van der Waals surface area (Å²) >= 11 is 0. The van der Waals surface area contributed by atoms with Crippen LogP contribution in [0.2, 0.25) is 0 Å². The fraction of sp³-hybridized carbons (Fsp3) is 0.357. The number of carboxylic acid groups (broad SMARTS) is 1. The quantitative estimate of drug-likeness (QED) is 0.737. The topological polar surface area (TPSA) is 113 Å². The molecule has 7 nitrogen and oxygen atoms in total. The molecule has 0 aromatic heterocycles. The molecule has 0 saturated carbocycles. The summed E-state index contributed by atoms with van der Waals surface area (Å²) in [5, 5.41) is 11.0. The molecule has 1 atom stereocenters. The molecular formula is C14H17N3O4. The van der Waals surface area contributed by atoms with Gasteiger partial charge in [-0.3, -0.25) is 14.9 Å². The van der Waals surface area contributed by atoms with Gasteiger partial charge in [0.25, 0.3) is 0 Å². The van der Waals surface area contributed by atoms with Crippen LogP contribution in [0.3, 0.4) is 0 Å². The van der Waals surface area contributed by atoms with Gasteiger partial charge in [-0.25, -0.2) is 4.79 Å². The first-order valence-electron chi connectivity index (χ1n) is 6.62. The van der Waals surface area contributed by atoms with E-state index in [4.69, 9.17) is 10.8 Å². The molecule has 1 aliphatic heterocycles. The molecule has 112 valence electrons. The lowest BCUT2D eigenvalue weighted by Gasteiger charge is -2.19. The Morgan fingerprint density at radius 2 is 2.05 bits per heavy atom. The van der Waals surface area contributed by atoms with Crippen LogP contribution in [0.4, 0.5) is 10.5 Å². The molecule has 2 rings (SSSR count). The number of nitrogens with one attached hydrogen (secondary N) is 1. The average molecular weight is 291 g/mol. The van der Waals surface area contributed by atoms with Crippen LogP contribution in [0.5, 0.6) is 0 Å². The van der Waals surface area contributed by atoms with Crippen molar-refractivity contribution in [3.05, 3.63) is 29.8 Å². The Labute approximate surface area is 121 Å². The van der Waals surface area contributed by atoms with Gasteiger partial charge in [0.05, 0.1) is 6.42 Å². The van der Waals surface area contributed by atoms with E-state index in [0.29, 0.717) is 13.1 Å². The first-order chi connectivity index (χ1) is 9.97. The molecule has 3 amide bonds. The van der Waals surface area contributed by atoms with Gasteiger partial charge in [-0.05, 0) is 11.6 Å². The molecule has 4 N–H and O–H groups in total. The van der Waals surface area contributed by atoms with Gasteiger partial charge >= 0.3 is 12.0 Å². The number of para-hydroxylation sites is 1. The molecule has 1 unspecified atom stereocenters. The normalized spacial score (nSPS) is 16.4. The monoisotopic (exact) mass is 291 g/mol. The molecular weight excluding hydrogens is 274 g/mol. The van der Waals surface area contributed by atoms with Gasteiger partial charge in [-0.2, -0.15) is 0 Å². The van der Waals surface area contributed by atoms with Gasteiger partial charge < -0.3 is 15.7 Å². The van der Waals surface area contributed by atoms with E-state index in [0.717, 1.165) is 11.3 Å². The number of urea groups is 1. The van der Waals surface area contributed by atoms with Crippen LogP contribution >= 0.6 is 0 Å². The maximum atomic E-state index is 11.4. The number of anilines is 1. The lowest BCUT2D eigenvalue weighted by molar-refractivity contribution is -0.137. The number of carbonyl (C=O) groups excluding carboxylic acids is 2. The van der Waals surface area contributed by atoms with Crippen molar-refractivity contribution < 1.29 is 19.5 Å². The first kappa shape index (κ1) is 14.8. The van der Waals surface area contributed by atoms with E-state index in [1.54, 1.807) is 0 Å². The summed E-state index contributed by atoms with van der Waals surface area (Å²) in [5.74, 6) is -1.37. The predicted octanol–water partition coefficient (Wildman–Crippen LogP) is 0.650. The van der Waals surface area contributed by atoms with Crippen LogP contribution in [-0.4, -0.2) is 36.1 Å². The zero-order valence-electron chi connectivity index (χ0n) is 11.4. The lowest BCUT2D eigenvalue weighted by atomic mass is 9.98. The second-order valence-electron chi connectivity index (χ2n) is 4.96. The Hall–Kier alpha value is -2.57. The van der Waals surface area contributed by atoms with Crippen molar-refractivity contribution in [1.82, 2.24) is 5.32 Å². The van der Waals surface area contributed by atoms with E-state index >= 15 is 0 Å². The smallest absolute Gasteiger partial charge is 0.318 e. The summed E-state index contributed by atoms with van der Waals surface area (Å²) in [6, 6.07) is 6.69. The SMILES string of the molecule is NC(=O)NC(=O)CCN1CC(CC(=O)O)c2ccccc21. The number of nitrogens with zero attached hydrogens (tertiary/aromatic N) is 1. The Kier molecular flexibility index (Phi) is 4.42. The number of fused-ring (bicyclic) bond motifs is 1. The summed E-state index contributed by atoms with van der Waals surface area (Å²) in [7, 11) is 0. The van der Waals surface area contributed by atoms with Crippen LogP contribution < -0.4 is 16.0 Å². The number of imide groups is 1. The number of hydrogen-bond donors (Lipinski definition) is 3. The third-order valence-corrected chi connectivity index (χ3v) is 3.45. The Morgan fingerprint density at radius 3 is 2.71 bits per heavy atom. The summed E-state index contributed by atoms with van der Waals surface area (Å²) in [5.41, 5.74) is 6.80. The number of benzene rings is 1. The van der Waals surface area contributed by atoms with Crippen molar-refractivity contribution in [3.63, 3.8) is 0 Å². The molecule has 0 saturated heterocycles. The van der Waals surface area contributed by atoms with Crippen molar-refractivity contribution in [3.8, 4) is 0 Å². The summed E-state index contributed by atoms with van der Waals surface area (Å²) in [4.78, 5) is 34.9. The second kappa shape index (κ2) is 6.25. The van der Waals surface area contributed by atoms with Crippen LogP contribution in [0.1, 0.15) is 24.3 Å². The highest BCUT2D eigenvalue weighted by atomic mass is 16.4. The maximum Gasteiger partial charge on any atom is 0.318 e. The number of primary amides is 1. The molecule has 0 fully saturated rings. The molecule has 0 bridgehead atoms. The number of rotatable bonds is 5. The van der Waals surface area contributed by atoms with Gasteiger partial charge in [0, 0.05) is 31.1 Å². The number of amides is 3. The van der Waals surface area contributed by atoms with Crippen molar-refractivity contribution in [2.45, 2.75) is 18.8 Å². The molecule has 1 aliphatic rings. The van der Waals surface area contributed by atoms with E-state index in [-0.39, 0.29) is 18.8 Å². The second-order valence-corrected chi connectivity index (χ2v) is 4.96. The molecule has 1 aromatic rings. The van der Waals surface area contributed by atoms with Gasteiger partial charge in [0.2, 0.25) is 5.91 Å². The minimum Gasteiger partial charge on any atom is -0.481 e. The van der Waals surface area contributed by atoms with E-state index in [2.05, 4.69) is 0 Å². The number of carboxylic acids is 1. The molecule has 1 aromatic carbocycles. The van der Waals surface area contributed by atoms with Gasteiger partial charge in [-0.15, -0.1) is 0 Å². The Bertz CT molecular complexity index is 573. The van der Waals surface area contributed by atoms with Gasteiger partial charge in [0.15, 0.2) is 0 Å². The minimum absolute atomic E-state index is 0.0565. The third kappa shape index (κ3) is 3.71. The number of hydrogen-bond acceptors (Lipinski definition) is 4. The summed E-state index contributed by atoms with van der Waals surface area (Å²) < 4.78 is 0. The number of carbonyl (C=O) groups is 3. The molecule has 0 spiro atoms. The minimum atomic E-state index is -0.870. The number of aliphatic carboxylic acids is 1. The van der Waals surface area contributed by atoms with Crippen LogP contribution in [0.15, 0.2) is 24.3 Å². The lowest BCUT2D eigenvalue weighted by Crippen LogP contribution is -2.37. The third-order valence-electron chi connectivity index (χ3n) is 3.45. The molecule has 21 heavy (non-hydrogen) atoms. The molecule has 1 heterocycles. The summed E-state index contributed by atoms with van der Waals surface area (Å²) in [6.07, 6.45) is 0.179. The zero-order chi connectivity index (χ0) is 15.4. The van der Waals surface area contributed by atoms with Crippen molar-refractivity contribution in [1.29, 1.82) is 0 Å². The summed E-state index contributed by atoms with van der Waals surface area (Å²) in [6.45, 7) is 0.960. The van der Waals surface area contributed by atoms with E-state index in [1.165, 1.54) is 0 Å². The fourth-order valence-electron chi connectivity index (χ4n) is 2.62. The predicted molar refractivity (Wildman–Crippen MR) is 76.0 cm³/mol. The largest absolute Gasteiger partial charge is 0.481 e. The van der Waals surface area contributed by atoms with Crippen LogP contribution in [0, 0.1) is 0 Å². The fourth-order valence-corrected chi connectivity index (χ4v) is 2.62. The molecule has 0 radical (unpaired) electrons. The molecule has 7 heteroatoms. The van der Waals surface area contributed by atoms with Gasteiger partial charge in [-0.1, -0.05) is 18.2 Å². The average Bonchev–Trinajstić information content (AvgIpc) is 2.74. The highest BCUT2D eigenvalue weighted by Crippen LogP contribution is 2.37. The Morgan fingerprint density at radius 1 is 1.33 bits per heavy atom. The van der Waals surface area contributed by atoms with Crippen LogP contribution in [0.25, 0.3) is 0 Å². The zero-order valence-corrected chi connectivity index (χ0v) is 11.4. The van der Waals surface area contributed by atoms with E-state index in [1.807, 2.05) is 34.5 Å². The highest BCUT2D eigenvalue weighted by Gasteiger charge is 2.29. The molecule has 0 aliphatic carbocycles. The van der Waals surface area contributed by atoms with Crippen molar-refractivity contribution in [2.24, 2.45) is 5.73 Å². The first-order valence-corrected chi connectivity index (χ1v) is 6.62. The van der Waals surface area contributed by atoms with E-state index < -0.39 is 17.9 Å². The standard InChI is InChI=1S/C14H17N3O4/c15-14(21)16-12(18)5-6-17-8-9(7-13(19)20)10-3-1-2-4-11(10)17/h1-4,9H,5-8H2,(H,19,20)(H3,15,16,18,21).